The summed E-state index contributed by atoms with van der Waals surface area (Å²) in [5, 5.41) is 1.00. The van der Waals surface area contributed by atoms with E-state index in [-0.39, 0.29) is 12.4 Å². The number of halogens is 1. The van der Waals surface area contributed by atoms with Crippen molar-refractivity contribution in [3.8, 4) is 0 Å². The largest absolute Gasteiger partial charge is 0.458 e. The number of esters is 1. The molecule has 2 aromatic carbocycles. The Bertz CT molecular complexity index is 869. The lowest BCUT2D eigenvalue weighted by Gasteiger charge is -2.03. The van der Waals surface area contributed by atoms with Crippen molar-refractivity contribution < 1.29 is 13.9 Å². The molecule has 0 fully saturated rings. The molecule has 0 saturated carbocycles. The summed E-state index contributed by atoms with van der Waals surface area (Å²) >= 11 is 0. The minimum absolute atomic E-state index is 0.0364. The first-order chi connectivity index (χ1) is 11.2. The van der Waals surface area contributed by atoms with Gasteiger partial charge in [0.25, 0.3) is 0 Å². The monoisotopic (exact) mass is 307 g/mol. The highest BCUT2D eigenvalue weighted by Gasteiger charge is 2.02. The number of aromatic nitrogens is 1. The second-order valence-electron chi connectivity index (χ2n) is 4.99. The number of para-hydroxylation sites is 1. The van der Waals surface area contributed by atoms with Gasteiger partial charge in [-0.25, -0.2) is 9.18 Å². The summed E-state index contributed by atoms with van der Waals surface area (Å²) in [4.78, 5) is 16.1. The summed E-state index contributed by atoms with van der Waals surface area (Å²) in [5.41, 5.74) is 2.27. The zero-order valence-electron chi connectivity index (χ0n) is 12.3. The molecule has 0 aliphatic rings. The van der Waals surface area contributed by atoms with E-state index in [2.05, 4.69) is 4.98 Å². The molecular formula is C19H14FNO2. The maximum atomic E-state index is 13.0. The van der Waals surface area contributed by atoms with Crippen LogP contribution in [0.25, 0.3) is 17.0 Å². The van der Waals surface area contributed by atoms with E-state index in [9.17, 15) is 9.18 Å². The standard InChI is InChI=1S/C19H14FNO2/c20-17-8-1-4-14(12-17)13-23-18(22)10-9-16-6-2-5-15-7-3-11-21-19(15)16/h1-12H,13H2/b10-9+. The van der Waals surface area contributed by atoms with Crippen molar-refractivity contribution in [1.82, 2.24) is 4.98 Å². The molecule has 0 N–H and O–H groups in total. The molecule has 3 nitrogen and oxygen atoms in total. The second kappa shape index (κ2) is 6.83. The molecule has 3 aromatic rings. The summed E-state index contributed by atoms with van der Waals surface area (Å²) in [7, 11) is 0. The Morgan fingerprint density at radius 2 is 1.96 bits per heavy atom. The molecular weight excluding hydrogens is 293 g/mol. The van der Waals surface area contributed by atoms with Crippen molar-refractivity contribution in [2.75, 3.05) is 0 Å². The van der Waals surface area contributed by atoms with E-state index in [0.717, 1.165) is 16.5 Å². The predicted octanol–water partition coefficient (Wildman–Crippen LogP) is 4.13. The van der Waals surface area contributed by atoms with E-state index in [0.29, 0.717) is 5.56 Å². The van der Waals surface area contributed by atoms with Crippen molar-refractivity contribution in [3.05, 3.63) is 83.8 Å². The number of fused-ring (bicyclic) bond motifs is 1. The van der Waals surface area contributed by atoms with Gasteiger partial charge in [-0.2, -0.15) is 0 Å². The third kappa shape index (κ3) is 3.80. The van der Waals surface area contributed by atoms with Crippen molar-refractivity contribution in [1.29, 1.82) is 0 Å². The third-order valence-corrected chi connectivity index (χ3v) is 3.33. The average molecular weight is 307 g/mol. The number of nitrogens with zero attached hydrogens (tertiary/aromatic N) is 1. The van der Waals surface area contributed by atoms with Crippen LogP contribution in [0.15, 0.2) is 66.9 Å². The van der Waals surface area contributed by atoms with Crippen molar-refractivity contribution >= 4 is 22.9 Å². The highest BCUT2D eigenvalue weighted by molar-refractivity contribution is 5.92. The third-order valence-electron chi connectivity index (χ3n) is 3.33. The fourth-order valence-corrected chi connectivity index (χ4v) is 2.25. The lowest BCUT2D eigenvalue weighted by molar-refractivity contribution is -0.138. The average Bonchev–Trinajstić information content (AvgIpc) is 2.58. The Morgan fingerprint density at radius 3 is 2.83 bits per heavy atom. The van der Waals surface area contributed by atoms with Gasteiger partial charge in [0.2, 0.25) is 0 Å². The minimum atomic E-state index is -0.484. The van der Waals surface area contributed by atoms with Gasteiger partial charge in [0.15, 0.2) is 0 Å². The maximum absolute atomic E-state index is 13.0. The lowest BCUT2D eigenvalue weighted by Crippen LogP contribution is -2.01. The van der Waals surface area contributed by atoms with Gasteiger partial charge in [0.05, 0.1) is 5.52 Å². The molecule has 0 spiro atoms. The Labute approximate surface area is 133 Å². The molecule has 0 atom stereocenters. The Morgan fingerprint density at radius 1 is 1.13 bits per heavy atom. The summed E-state index contributed by atoms with van der Waals surface area (Å²) in [6.07, 6.45) is 4.73. The highest BCUT2D eigenvalue weighted by atomic mass is 19.1. The molecule has 0 aliphatic carbocycles. The summed E-state index contributed by atoms with van der Waals surface area (Å²) in [6.45, 7) is 0.0364. The van der Waals surface area contributed by atoms with E-state index >= 15 is 0 Å². The molecule has 0 radical (unpaired) electrons. The molecule has 0 bridgehead atoms. The number of carbonyl (C=O) groups is 1. The first-order valence-electron chi connectivity index (χ1n) is 7.15. The van der Waals surface area contributed by atoms with Crippen LogP contribution in [-0.2, 0) is 16.1 Å². The van der Waals surface area contributed by atoms with E-state index in [1.165, 1.54) is 18.2 Å². The first-order valence-corrected chi connectivity index (χ1v) is 7.15. The van der Waals surface area contributed by atoms with Gasteiger partial charge in [0, 0.05) is 23.2 Å². The van der Waals surface area contributed by atoms with Gasteiger partial charge in [-0.15, -0.1) is 0 Å². The SMILES string of the molecule is O=C(/C=C/c1cccc2cccnc12)OCc1cccc(F)c1. The Balaban J connectivity index is 1.68. The quantitative estimate of drug-likeness (QED) is 0.537. The molecule has 1 heterocycles. The molecule has 114 valence electrons. The van der Waals surface area contributed by atoms with Crippen molar-refractivity contribution in [3.63, 3.8) is 0 Å². The minimum Gasteiger partial charge on any atom is -0.458 e. The van der Waals surface area contributed by atoms with Crippen LogP contribution in [0.4, 0.5) is 4.39 Å². The molecule has 0 amide bonds. The topological polar surface area (TPSA) is 39.2 Å². The normalized spacial score (nSPS) is 11.0. The molecule has 0 unspecified atom stereocenters. The zero-order chi connectivity index (χ0) is 16.1. The maximum Gasteiger partial charge on any atom is 0.331 e. The fourth-order valence-electron chi connectivity index (χ4n) is 2.25. The number of hydrogen-bond acceptors (Lipinski definition) is 3. The molecule has 0 aliphatic heterocycles. The number of benzene rings is 2. The predicted molar refractivity (Wildman–Crippen MR) is 87.0 cm³/mol. The van der Waals surface area contributed by atoms with Gasteiger partial charge < -0.3 is 4.74 Å². The number of pyridine rings is 1. The van der Waals surface area contributed by atoms with Gasteiger partial charge in [-0.1, -0.05) is 36.4 Å². The van der Waals surface area contributed by atoms with Crippen LogP contribution < -0.4 is 0 Å². The number of carbonyl (C=O) groups excluding carboxylic acids is 1. The van der Waals surface area contributed by atoms with Crippen molar-refractivity contribution in [2.24, 2.45) is 0 Å². The smallest absolute Gasteiger partial charge is 0.331 e. The lowest BCUT2D eigenvalue weighted by atomic mass is 10.1. The molecule has 1 aromatic heterocycles. The summed E-state index contributed by atoms with van der Waals surface area (Å²) in [6, 6.07) is 15.5. The van der Waals surface area contributed by atoms with E-state index in [1.807, 2.05) is 30.3 Å². The van der Waals surface area contributed by atoms with Crippen LogP contribution >= 0.6 is 0 Å². The van der Waals surface area contributed by atoms with Gasteiger partial charge in [-0.3, -0.25) is 4.98 Å². The van der Waals surface area contributed by atoms with Gasteiger partial charge in [-0.05, 0) is 29.8 Å². The number of hydrogen-bond donors (Lipinski definition) is 0. The molecule has 0 saturated heterocycles. The van der Waals surface area contributed by atoms with Crippen LogP contribution in [-0.4, -0.2) is 11.0 Å². The van der Waals surface area contributed by atoms with E-state index in [4.69, 9.17) is 4.74 Å². The second-order valence-corrected chi connectivity index (χ2v) is 4.99. The van der Waals surface area contributed by atoms with Crippen LogP contribution in [0.1, 0.15) is 11.1 Å². The summed E-state index contributed by atoms with van der Waals surface area (Å²) < 4.78 is 18.2. The van der Waals surface area contributed by atoms with E-state index < -0.39 is 5.97 Å². The van der Waals surface area contributed by atoms with Crippen LogP contribution in [0.5, 0.6) is 0 Å². The van der Waals surface area contributed by atoms with Crippen LogP contribution in [0.2, 0.25) is 0 Å². The van der Waals surface area contributed by atoms with E-state index in [1.54, 1.807) is 24.4 Å². The Kier molecular flexibility index (Phi) is 4.43. The first kappa shape index (κ1) is 14.9. The zero-order valence-corrected chi connectivity index (χ0v) is 12.3. The van der Waals surface area contributed by atoms with Gasteiger partial charge >= 0.3 is 5.97 Å². The summed E-state index contributed by atoms with van der Waals surface area (Å²) in [5.74, 6) is -0.835. The molecule has 3 rings (SSSR count). The fraction of sp³-hybridized carbons (Fsp3) is 0.0526. The highest BCUT2D eigenvalue weighted by Crippen LogP contribution is 2.17. The van der Waals surface area contributed by atoms with Gasteiger partial charge in [0.1, 0.15) is 12.4 Å². The van der Waals surface area contributed by atoms with Crippen LogP contribution in [0, 0.1) is 5.82 Å². The van der Waals surface area contributed by atoms with Crippen molar-refractivity contribution in [2.45, 2.75) is 6.61 Å². The Hall–Kier alpha value is -3.01. The molecule has 23 heavy (non-hydrogen) atoms. The number of ether oxygens (including phenoxy) is 1. The van der Waals surface area contributed by atoms with Crippen LogP contribution in [0.3, 0.4) is 0 Å². The number of rotatable bonds is 4. The molecule has 4 heteroatoms.